The van der Waals surface area contributed by atoms with Gasteiger partial charge in [0.05, 0.1) is 6.61 Å². The van der Waals surface area contributed by atoms with Gasteiger partial charge in [-0.15, -0.1) is 0 Å². The monoisotopic (exact) mass is 394 g/mol. The fourth-order valence-corrected chi connectivity index (χ4v) is 2.99. The highest BCUT2D eigenvalue weighted by atomic mass is 16.5. The number of aryl methyl sites for hydroxylation is 1. The summed E-state index contributed by atoms with van der Waals surface area (Å²) in [7, 11) is 0. The van der Waals surface area contributed by atoms with Gasteiger partial charge in [-0.1, -0.05) is 35.9 Å². The Hall–Kier alpha value is -3.28. The molecular weight excluding hydrogens is 368 g/mol. The van der Waals surface area contributed by atoms with E-state index < -0.39 is 5.97 Å². The summed E-state index contributed by atoms with van der Waals surface area (Å²) in [6.45, 7) is 2.67. The van der Waals surface area contributed by atoms with Crippen LogP contribution in [0, 0.1) is 6.92 Å². The average Bonchev–Trinajstić information content (AvgIpc) is 3.14. The highest BCUT2D eigenvalue weighted by molar-refractivity contribution is 5.83. The van der Waals surface area contributed by atoms with Crippen molar-refractivity contribution in [3.05, 3.63) is 65.9 Å². The van der Waals surface area contributed by atoms with E-state index >= 15 is 0 Å². The molecule has 0 fully saturated rings. The zero-order valence-corrected chi connectivity index (χ0v) is 16.6. The second-order valence-electron chi connectivity index (χ2n) is 6.89. The smallest absolute Gasteiger partial charge is 0.306 e. The molecule has 2 N–H and O–H groups in total. The van der Waals surface area contributed by atoms with Gasteiger partial charge in [0.15, 0.2) is 6.61 Å². The van der Waals surface area contributed by atoms with Crippen LogP contribution in [0.5, 0.6) is 5.75 Å². The molecular formula is C23H26N2O4. The lowest BCUT2D eigenvalue weighted by Crippen LogP contribution is -2.30. The van der Waals surface area contributed by atoms with Crippen molar-refractivity contribution in [3.8, 4) is 5.75 Å². The van der Waals surface area contributed by atoms with Crippen molar-refractivity contribution in [1.29, 1.82) is 0 Å². The molecule has 0 spiro atoms. The number of aromatic amines is 1. The third-order valence-corrected chi connectivity index (χ3v) is 4.57. The molecule has 6 nitrogen and oxygen atoms in total. The number of benzene rings is 2. The molecule has 6 heteroatoms. The lowest BCUT2D eigenvalue weighted by atomic mass is 10.1. The molecule has 1 amide bonds. The molecule has 0 aliphatic rings. The van der Waals surface area contributed by atoms with Crippen molar-refractivity contribution >= 4 is 22.8 Å². The molecule has 1 aromatic heterocycles. The number of hydrogen-bond donors (Lipinski definition) is 2. The number of fused-ring (bicyclic) bond motifs is 1. The first-order valence-corrected chi connectivity index (χ1v) is 9.78. The Morgan fingerprint density at radius 2 is 1.86 bits per heavy atom. The largest absolute Gasteiger partial charge is 0.494 e. The molecule has 2 aromatic carbocycles. The van der Waals surface area contributed by atoms with Gasteiger partial charge in [-0.05, 0) is 43.5 Å². The van der Waals surface area contributed by atoms with E-state index in [1.54, 1.807) is 0 Å². The number of H-pyrrole nitrogens is 1. The number of carbonyl (C=O) groups is 2. The summed E-state index contributed by atoms with van der Waals surface area (Å²) in [5.74, 6) is 0.0805. The summed E-state index contributed by atoms with van der Waals surface area (Å²) in [5, 5.41) is 3.93. The van der Waals surface area contributed by atoms with Crippen molar-refractivity contribution in [2.75, 3.05) is 19.8 Å². The normalized spacial score (nSPS) is 10.7. The zero-order chi connectivity index (χ0) is 20.5. The molecule has 1 heterocycles. The number of esters is 1. The van der Waals surface area contributed by atoms with Crippen LogP contribution >= 0.6 is 0 Å². The minimum absolute atomic E-state index is 0.217. The molecule has 0 aliphatic carbocycles. The molecule has 152 valence electrons. The van der Waals surface area contributed by atoms with Gasteiger partial charge >= 0.3 is 5.97 Å². The predicted octanol–water partition coefficient (Wildman–Crippen LogP) is 3.54. The van der Waals surface area contributed by atoms with Gasteiger partial charge in [0, 0.05) is 30.1 Å². The molecule has 0 atom stereocenters. The van der Waals surface area contributed by atoms with Crippen LogP contribution in [-0.4, -0.2) is 36.6 Å². The quantitative estimate of drug-likeness (QED) is 0.407. The Kier molecular flexibility index (Phi) is 7.28. The van der Waals surface area contributed by atoms with E-state index in [1.165, 1.54) is 5.56 Å². The van der Waals surface area contributed by atoms with Gasteiger partial charge in [0.2, 0.25) is 0 Å². The van der Waals surface area contributed by atoms with Crippen molar-refractivity contribution < 1.29 is 19.1 Å². The van der Waals surface area contributed by atoms with E-state index in [-0.39, 0.29) is 18.9 Å². The first-order chi connectivity index (χ1) is 14.1. The summed E-state index contributed by atoms with van der Waals surface area (Å²) in [6, 6.07) is 15.8. The van der Waals surface area contributed by atoms with E-state index in [0.29, 0.717) is 26.0 Å². The minimum Gasteiger partial charge on any atom is -0.494 e. The van der Waals surface area contributed by atoms with Crippen LogP contribution in [0.3, 0.4) is 0 Å². The molecule has 3 rings (SSSR count). The molecule has 0 saturated carbocycles. The van der Waals surface area contributed by atoms with Crippen LogP contribution < -0.4 is 10.1 Å². The molecule has 0 radical (unpaired) electrons. The first-order valence-electron chi connectivity index (χ1n) is 9.78. The Morgan fingerprint density at radius 1 is 1.07 bits per heavy atom. The number of hydrogen-bond acceptors (Lipinski definition) is 4. The van der Waals surface area contributed by atoms with Crippen molar-refractivity contribution in [2.45, 2.75) is 26.2 Å². The summed E-state index contributed by atoms with van der Waals surface area (Å²) in [4.78, 5) is 26.8. The summed E-state index contributed by atoms with van der Waals surface area (Å²) in [6.07, 6.45) is 3.42. The van der Waals surface area contributed by atoms with E-state index in [0.717, 1.165) is 22.2 Å². The van der Waals surface area contributed by atoms with E-state index in [2.05, 4.69) is 10.3 Å². The number of amides is 1. The second-order valence-corrected chi connectivity index (χ2v) is 6.89. The number of ether oxygens (including phenoxy) is 2. The minimum atomic E-state index is -0.399. The SMILES string of the molecule is Cc1ccc(OCCCC(=O)OCC(=O)NCCc2c[nH]c3ccccc23)cc1. The molecule has 29 heavy (non-hydrogen) atoms. The van der Waals surface area contributed by atoms with Crippen LogP contribution in [0.1, 0.15) is 24.0 Å². The first kappa shape index (κ1) is 20.5. The van der Waals surface area contributed by atoms with Crippen LogP contribution in [-0.2, 0) is 20.7 Å². The molecule has 0 bridgehead atoms. The molecule has 0 saturated heterocycles. The Labute approximate surface area is 170 Å². The van der Waals surface area contributed by atoms with Gasteiger partial charge in [-0.2, -0.15) is 0 Å². The average molecular weight is 394 g/mol. The third-order valence-electron chi connectivity index (χ3n) is 4.57. The lowest BCUT2D eigenvalue weighted by Gasteiger charge is -2.08. The van der Waals surface area contributed by atoms with Gasteiger partial charge in [0.1, 0.15) is 5.75 Å². The maximum atomic E-state index is 11.9. The third kappa shape index (κ3) is 6.38. The Balaban J connectivity index is 1.27. The second kappa shape index (κ2) is 10.3. The van der Waals surface area contributed by atoms with Gasteiger partial charge in [0.25, 0.3) is 5.91 Å². The predicted molar refractivity (Wildman–Crippen MR) is 112 cm³/mol. The van der Waals surface area contributed by atoms with Crippen molar-refractivity contribution in [1.82, 2.24) is 10.3 Å². The van der Waals surface area contributed by atoms with E-state index in [1.807, 2.05) is 61.7 Å². The number of carbonyl (C=O) groups excluding carboxylic acids is 2. The summed E-state index contributed by atoms with van der Waals surface area (Å²) in [5.41, 5.74) is 3.39. The standard InChI is InChI=1S/C23H26N2O4/c1-17-8-10-19(11-9-17)28-14-4-7-23(27)29-16-22(26)24-13-12-18-15-25-21-6-3-2-5-20(18)21/h2-3,5-6,8-11,15,25H,4,7,12-14,16H2,1H3,(H,24,26). The van der Waals surface area contributed by atoms with Crippen molar-refractivity contribution in [3.63, 3.8) is 0 Å². The zero-order valence-electron chi connectivity index (χ0n) is 16.6. The Bertz CT molecular complexity index is 947. The highest BCUT2D eigenvalue weighted by Crippen LogP contribution is 2.17. The molecule has 0 unspecified atom stereocenters. The van der Waals surface area contributed by atoms with Gasteiger partial charge in [-0.25, -0.2) is 0 Å². The number of rotatable bonds is 10. The number of nitrogens with one attached hydrogen (secondary N) is 2. The van der Waals surface area contributed by atoms with Crippen molar-refractivity contribution in [2.24, 2.45) is 0 Å². The van der Waals surface area contributed by atoms with Crippen LogP contribution in [0.4, 0.5) is 0 Å². The van der Waals surface area contributed by atoms with E-state index in [9.17, 15) is 9.59 Å². The van der Waals surface area contributed by atoms with Crippen LogP contribution in [0.15, 0.2) is 54.7 Å². The van der Waals surface area contributed by atoms with Crippen LogP contribution in [0.2, 0.25) is 0 Å². The molecule has 3 aromatic rings. The topological polar surface area (TPSA) is 80.4 Å². The Morgan fingerprint density at radius 3 is 2.69 bits per heavy atom. The fourth-order valence-electron chi connectivity index (χ4n) is 2.99. The lowest BCUT2D eigenvalue weighted by molar-refractivity contribution is -0.148. The maximum Gasteiger partial charge on any atom is 0.306 e. The summed E-state index contributed by atoms with van der Waals surface area (Å²) < 4.78 is 10.6. The van der Waals surface area contributed by atoms with E-state index in [4.69, 9.17) is 9.47 Å². The highest BCUT2D eigenvalue weighted by Gasteiger charge is 2.08. The maximum absolute atomic E-state index is 11.9. The summed E-state index contributed by atoms with van der Waals surface area (Å²) >= 11 is 0. The van der Waals surface area contributed by atoms with Gasteiger partial charge in [-0.3, -0.25) is 9.59 Å². The van der Waals surface area contributed by atoms with Gasteiger partial charge < -0.3 is 19.8 Å². The fraction of sp³-hybridized carbons (Fsp3) is 0.304. The number of para-hydroxylation sites is 1. The van der Waals surface area contributed by atoms with Crippen LogP contribution in [0.25, 0.3) is 10.9 Å². The molecule has 0 aliphatic heterocycles. The number of aromatic nitrogens is 1.